The Morgan fingerprint density at radius 3 is 2.65 bits per heavy atom. The highest BCUT2D eigenvalue weighted by molar-refractivity contribution is 9.10. The smallest absolute Gasteiger partial charge is 0.244 e. The summed E-state index contributed by atoms with van der Waals surface area (Å²) in [6.45, 7) is 4.39. The summed E-state index contributed by atoms with van der Waals surface area (Å²) in [6.07, 6.45) is 3.34. The van der Waals surface area contributed by atoms with Crippen molar-refractivity contribution in [3.05, 3.63) is 58.8 Å². The van der Waals surface area contributed by atoms with E-state index in [4.69, 9.17) is 9.15 Å². The van der Waals surface area contributed by atoms with Gasteiger partial charge in [-0.1, -0.05) is 28.1 Å². The molecule has 0 aliphatic carbocycles. The Kier molecular flexibility index (Phi) is 5.47. The number of likely N-dealkylation sites (N-methyl/N-ethyl adjacent to an activating group) is 1. The third-order valence-electron chi connectivity index (χ3n) is 4.17. The Bertz CT molecular complexity index is 971. The Labute approximate surface area is 161 Å². The van der Waals surface area contributed by atoms with Crippen LogP contribution in [-0.2, 0) is 4.79 Å². The molecule has 0 saturated carbocycles. The molecule has 0 bridgehead atoms. The molecule has 1 aromatic heterocycles. The van der Waals surface area contributed by atoms with E-state index in [1.165, 1.54) is 0 Å². The van der Waals surface area contributed by atoms with Crippen LogP contribution in [0.4, 0.5) is 0 Å². The number of halogens is 1. The minimum atomic E-state index is -0.118. The molecule has 0 aliphatic heterocycles. The molecule has 0 saturated heterocycles. The lowest BCUT2D eigenvalue weighted by Crippen LogP contribution is -2.20. The predicted octanol–water partition coefficient (Wildman–Crippen LogP) is 5.41. The maximum absolute atomic E-state index is 11.9. The molecule has 3 aromatic rings. The number of fused-ring (bicyclic) bond motifs is 1. The molecule has 5 heteroatoms. The average Bonchev–Trinajstić information content (AvgIpc) is 3.04. The molecule has 0 atom stereocenters. The van der Waals surface area contributed by atoms with Gasteiger partial charge in [-0.15, -0.1) is 0 Å². The Balaban J connectivity index is 2.12. The number of carbonyl (C=O) groups excluding carboxylic acids is 1. The number of ether oxygens (including phenoxy) is 1. The van der Waals surface area contributed by atoms with E-state index in [1.54, 1.807) is 19.4 Å². The first-order valence-electron chi connectivity index (χ1n) is 8.35. The van der Waals surface area contributed by atoms with Crippen LogP contribution in [0.25, 0.3) is 27.7 Å². The molecule has 1 N–H and O–H groups in total. The fraction of sp³-hybridized carbons (Fsp3) is 0.190. The van der Waals surface area contributed by atoms with Gasteiger partial charge in [0.2, 0.25) is 5.91 Å². The van der Waals surface area contributed by atoms with Crippen LogP contribution in [0, 0.1) is 0 Å². The first-order chi connectivity index (χ1) is 12.5. The van der Waals surface area contributed by atoms with Gasteiger partial charge in [0.25, 0.3) is 0 Å². The normalized spacial score (nSPS) is 11.6. The minimum Gasteiger partial charge on any atom is -0.496 e. The van der Waals surface area contributed by atoms with Crippen molar-refractivity contribution in [1.82, 2.24) is 5.32 Å². The lowest BCUT2D eigenvalue weighted by atomic mass is 9.99. The number of furan rings is 1. The molecule has 4 nitrogen and oxygen atoms in total. The predicted molar refractivity (Wildman–Crippen MR) is 108 cm³/mol. The Hall–Kier alpha value is -2.53. The standard InChI is InChI=1S/C21H20BrNO3/c1-4-23-21(24)9-13(2)16-10-17-18(14-5-7-15(22)8-6-14)12-26-20(17)11-19(16)25-3/h5-12H,4H2,1-3H3,(H,23,24)/b13-9+. The van der Waals surface area contributed by atoms with E-state index >= 15 is 0 Å². The van der Waals surface area contributed by atoms with Crippen molar-refractivity contribution in [2.24, 2.45) is 0 Å². The van der Waals surface area contributed by atoms with Gasteiger partial charge in [-0.2, -0.15) is 0 Å². The Morgan fingerprint density at radius 1 is 1.27 bits per heavy atom. The van der Waals surface area contributed by atoms with Gasteiger partial charge in [-0.3, -0.25) is 4.79 Å². The van der Waals surface area contributed by atoms with E-state index in [9.17, 15) is 4.79 Å². The van der Waals surface area contributed by atoms with Crippen molar-refractivity contribution < 1.29 is 13.9 Å². The molecule has 0 spiro atoms. The van der Waals surface area contributed by atoms with Crippen LogP contribution in [0.1, 0.15) is 19.4 Å². The van der Waals surface area contributed by atoms with Crippen LogP contribution in [0.2, 0.25) is 0 Å². The van der Waals surface area contributed by atoms with E-state index in [1.807, 2.05) is 50.2 Å². The second-order valence-corrected chi connectivity index (χ2v) is 6.84. The molecule has 0 fully saturated rings. The molecular weight excluding hydrogens is 394 g/mol. The molecule has 1 heterocycles. The third-order valence-corrected chi connectivity index (χ3v) is 4.70. The van der Waals surface area contributed by atoms with Crippen molar-refractivity contribution in [3.8, 4) is 16.9 Å². The summed E-state index contributed by atoms with van der Waals surface area (Å²) in [5.74, 6) is 0.555. The molecule has 2 aromatic carbocycles. The fourth-order valence-electron chi connectivity index (χ4n) is 2.88. The number of allylic oxidation sites excluding steroid dienone is 1. The topological polar surface area (TPSA) is 51.5 Å². The number of nitrogens with one attached hydrogen (secondary N) is 1. The first-order valence-corrected chi connectivity index (χ1v) is 9.14. The SMILES string of the molecule is CCNC(=O)/C=C(\C)c1cc2c(-c3ccc(Br)cc3)coc2cc1OC. The van der Waals surface area contributed by atoms with E-state index < -0.39 is 0 Å². The van der Waals surface area contributed by atoms with Crippen LogP contribution in [0.5, 0.6) is 5.75 Å². The molecule has 0 aliphatic rings. The molecule has 0 radical (unpaired) electrons. The van der Waals surface area contributed by atoms with Crippen LogP contribution in [0.3, 0.4) is 0 Å². The van der Waals surface area contributed by atoms with Gasteiger partial charge in [0.15, 0.2) is 0 Å². The zero-order chi connectivity index (χ0) is 18.7. The van der Waals surface area contributed by atoms with Crippen LogP contribution in [0.15, 0.2) is 57.6 Å². The van der Waals surface area contributed by atoms with E-state index in [-0.39, 0.29) is 5.91 Å². The lowest BCUT2D eigenvalue weighted by molar-refractivity contribution is -0.116. The van der Waals surface area contributed by atoms with Crippen LogP contribution in [-0.4, -0.2) is 19.6 Å². The second kappa shape index (κ2) is 7.79. The number of rotatable bonds is 5. The highest BCUT2D eigenvalue weighted by Crippen LogP contribution is 2.37. The van der Waals surface area contributed by atoms with Gasteiger partial charge in [-0.05, 0) is 43.2 Å². The van der Waals surface area contributed by atoms with Gasteiger partial charge in [0, 0.05) is 39.7 Å². The van der Waals surface area contributed by atoms with Crippen molar-refractivity contribution in [2.75, 3.05) is 13.7 Å². The van der Waals surface area contributed by atoms with E-state index in [2.05, 4.69) is 21.2 Å². The number of carbonyl (C=O) groups is 1. The zero-order valence-corrected chi connectivity index (χ0v) is 16.5. The van der Waals surface area contributed by atoms with Crippen molar-refractivity contribution in [1.29, 1.82) is 0 Å². The maximum atomic E-state index is 11.9. The van der Waals surface area contributed by atoms with Gasteiger partial charge >= 0.3 is 0 Å². The minimum absolute atomic E-state index is 0.118. The summed E-state index contributed by atoms with van der Waals surface area (Å²) in [5.41, 5.74) is 4.51. The summed E-state index contributed by atoms with van der Waals surface area (Å²) >= 11 is 3.46. The maximum Gasteiger partial charge on any atom is 0.244 e. The van der Waals surface area contributed by atoms with Gasteiger partial charge in [0.1, 0.15) is 11.3 Å². The summed E-state index contributed by atoms with van der Waals surface area (Å²) in [4.78, 5) is 11.9. The molecule has 3 rings (SSSR count). The molecule has 0 unspecified atom stereocenters. The average molecular weight is 414 g/mol. The summed E-state index contributed by atoms with van der Waals surface area (Å²) in [7, 11) is 1.61. The first kappa shape index (κ1) is 18.3. The summed E-state index contributed by atoms with van der Waals surface area (Å²) < 4.78 is 12.3. The highest BCUT2D eigenvalue weighted by atomic mass is 79.9. The van der Waals surface area contributed by atoms with Crippen LogP contribution < -0.4 is 10.1 Å². The largest absolute Gasteiger partial charge is 0.496 e. The number of hydrogen-bond acceptors (Lipinski definition) is 3. The molecule has 1 amide bonds. The molecule has 134 valence electrons. The van der Waals surface area contributed by atoms with Crippen molar-refractivity contribution >= 4 is 38.4 Å². The monoisotopic (exact) mass is 413 g/mol. The van der Waals surface area contributed by atoms with Gasteiger partial charge < -0.3 is 14.5 Å². The quantitative estimate of drug-likeness (QED) is 0.568. The van der Waals surface area contributed by atoms with E-state index in [0.717, 1.165) is 37.7 Å². The zero-order valence-electron chi connectivity index (χ0n) is 14.9. The number of benzene rings is 2. The van der Waals surface area contributed by atoms with Gasteiger partial charge in [0.05, 0.1) is 13.4 Å². The molecule has 26 heavy (non-hydrogen) atoms. The summed E-state index contributed by atoms with van der Waals surface area (Å²) in [6, 6.07) is 11.9. The van der Waals surface area contributed by atoms with Crippen molar-refractivity contribution in [2.45, 2.75) is 13.8 Å². The number of methoxy groups -OCH3 is 1. The third kappa shape index (κ3) is 3.68. The number of hydrogen-bond donors (Lipinski definition) is 1. The molecular formula is C21H20BrNO3. The Morgan fingerprint density at radius 2 is 2.00 bits per heavy atom. The fourth-order valence-corrected chi connectivity index (χ4v) is 3.15. The van der Waals surface area contributed by atoms with Crippen LogP contribution >= 0.6 is 15.9 Å². The highest BCUT2D eigenvalue weighted by Gasteiger charge is 2.14. The lowest BCUT2D eigenvalue weighted by Gasteiger charge is -2.10. The van der Waals surface area contributed by atoms with E-state index in [0.29, 0.717) is 12.3 Å². The summed E-state index contributed by atoms with van der Waals surface area (Å²) in [5, 5.41) is 3.76. The number of amides is 1. The van der Waals surface area contributed by atoms with Gasteiger partial charge in [-0.25, -0.2) is 0 Å². The second-order valence-electron chi connectivity index (χ2n) is 5.93. The van der Waals surface area contributed by atoms with Crippen molar-refractivity contribution in [3.63, 3.8) is 0 Å².